The molecule has 0 spiro atoms. The molecule has 0 aliphatic heterocycles. The second-order valence-corrected chi connectivity index (χ2v) is 13.6. The summed E-state index contributed by atoms with van der Waals surface area (Å²) in [6.07, 6.45) is 3.41. The van der Waals surface area contributed by atoms with Crippen molar-refractivity contribution in [1.82, 2.24) is 0 Å². The minimum atomic E-state index is -1.34. The molecule has 3 saturated carbocycles. The molecular formula is C27H43IO6. The quantitative estimate of drug-likeness (QED) is 0.240. The fourth-order valence-corrected chi connectivity index (χ4v) is 8.79. The summed E-state index contributed by atoms with van der Waals surface area (Å²) in [6.45, 7) is 7.92. The predicted octanol–water partition coefficient (Wildman–Crippen LogP) is 3.15. The van der Waals surface area contributed by atoms with E-state index in [1.807, 2.05) is 13.8 Å². The summed E-state index contributed by atoms with van der Waals surface area (Å²) >= 11 is 2.34. The molecule has 0 heterocycles. The number of ketones is 1. The molecule has 6 nitrogen and oxygen atoms in total. The first-order chi connectivity index (χ1) is 15.7. The maximum atomic E-state index is 13.3. The highest BCUT2D eigenvalue weighted by Crippen LogP contribution is 2.68. The van der Waals surface area contributed by atoms with Crippen LogP contribution in [0.1, 0.15) is 79.1 Å². The van der Waals surface area contributed by atoms with E-state index < -0.39 is 40.3 Å². The van der Waals surface area contributed by atoms with Crippen molar-refractivity contribution in [3.63, 3.8) is 0 Å². The van der Waals surface area contributed by atoms with Crippen molar-refractivity contribution in [2.75, 3.05) is 4.43 Å². The average Bonchev–Trinajstić information content (AvgIpc) is 3.06. The fourth-order valence-electron chi connectivity index (χ4n) is 8.35. The van der Waals surface area contributed by atoms with Gasteiger partial charge in [0, 0.05) is 15.8 Å². The van der Waals surface area contributed by atoms with E-state index in [1.54, 1.807) is 13.0 Å². The minimum absolute atomic E-state index is 0.0476. The van der Waals surface area contributed by atoms with E-state index in [0.29, 0.717) is 38.0 Å². The van der Waals surface area contributed by atoms with E-state index in [2.05, 4.69) is 29.5 Å². The van der Waals surface area contributed by atoms with E-state index in [1.165, 1.54) is 0 Å². The van der Waals surface area contributed by atoms with Crippen molar-refractivity contribution in [3.8, 4) is 0 Å². The number of carbonyl (C=O) groups is 1. The van der Waals surface area contributed by atoms with Crippen LogP contribution in [-0.2, 0) is 4.79 Å². The van der Waals surface area contributed by atoms with Crippen LogP contribution in [0.3, 0.4) is 0 Å². The zero-order valence-electron chi connectivity index (χ0n) is 21.0. The number of alkyl halides is 1. The van der Waals surface area contributed by atoms with Gasteiger partial charge in [0.25, 0.3) is 0 Å². The maximum absolute atomic E-state index is 13.3. The smallest absolute Gasteiger partial charge is 0.159 e. The molecule has 0 aromatic carbocycles. The highest BCUT2D eigenvalue weighted by atomic mass is 127. The minimum Gasteiger partial charge on any atom is -0.390 e. The average molecular weight is 591 g/mol. The molecule has 34 heavy (non-hydrogen) atoms. The van der Waals surface area contributed by atoms with Crippen LogP contribution in [0, 0.1) is 34.5 Å². The van der Waals surface area contributed by atoms with Gasteiger partial charge in [0.15, 0.2) is 5.78 Å². The van der Waals surface area contributed by atoms with E-state index in [-0.39, 0.29) is 30.0 Å². The second kappa shape index (κ2) is 9.05. The van der Waals surface area contributed by atoms with Gasteiger partial charge in [-0.3, -0.25) is 4.79 Å². The number of rotatable bonds is 6. The standard InChI is InChI=1S/C27H43IO6/c1-15(14-28)5-6-23(32)26(4,33)22-8-10-27(34)17-11-19(29)18-12-20(30)21(31)13-24(18,2)16(17)7-9-25(22,27)3/h11,15-16,18,20-23,30-34H,5-10,12-14H2,1-4H3/t15?,16?,18-,20+,21-,22-,23+,24+,25+,26+,27+/m0/s1. The van der Waals surface area contributed by atoms with Gasteiger partial charge in [-0.25, -0.2) is 0 Å². The van der Waals surface area contributed by atoms with Gasteiger partial charge in [0.2, 0.25) is 0 Å². The predicted molar refractivity (Wildman–Crippen MR) is 138 cm³/mol. The Morgan fingerprint density at radius 2 is 1.82 bits per heavy atom. The summed E-state index contributed by atoms with van der Waals surface area (Å²) < 4.78 is 1.00. The molecule has 4 aliphatic carbocycles. The van der Waals surface area contributed by atoms with Crippen LogP contribution in [0.25, 0.3) is 0 Å². The van der Waals surface area contributed by atoms with Crippen LogP contribution in [0.4, 0.5) is 0 Å². The Bertz CT molecular complexity index is 843. The summed E-state index contributed by atoms with van der Waals surface area (Å²) in [5, 5.41) is 55.6. The van der Waals surface area contributed by atoms with Crippen molar-refractivity contribution in [2.24, 2.45) is 34.5 Å². The normalized spacial score (nSPS) is 47.6. The molecule has 0 aromatic heterocycles. The molecule has 0 saturated heterocycles. The summed E-state index contributed by atoms with van der Waals surface area (Å²) in [7, 11) is 0. The van der Waals surface area contributed by atoms with Crippen LogP contribution in [-0.4, -0.2) is 65.3 Å². The second-order valence-electron chi connectivity index (χ2n) is 12.7. The lowest BCUT2D eigenvalue weighted by Gasteiger charge is -2.60. The number of hydrogen-bond acceptors (Lipinski definition) is 6. The number of allylic oxidation sites excluding steroid dienone is 1. The van der Waals surface area contributed by atoms with Crippen molar-refractivity contribution in [3.05, 3.63) is 11.6 Å². The first kappa shape index (κ1) is 27.0. The van der Waals surface area contributed by atoms with Crippen LogP contribution in [0.15, 0.2) is 11.6 Å². The monoisotopic (exact) mass is 590 g/mol. The molecule has 5 N–H and O–H groups in total. The van der Waals surface area contributed by atoms with Crippen LogP contribution in [0.5, 0.6) is 0 Å². The highest BCUT2D eigenvalue weighted by molar-refractivity contribution is 14.1. The van der Waals surface area contributed by atoms with Crippen molar-refractivity contribution in [2.45, 2.75) is 109 Å². The SMILES string of the molecule is CC(CI)CC[C@@H](O)[C@](C)(O)[C@H]1CC[C@@]2(O)C3=CC(=O)[C@@H]4C[C@@H](O)[C@@H](O)C[C@]4(C)C3CC[C@]12C. The highest BCUT2D eigenvalue weighted by Gasteiger charge is 2.69. The van der Waals surface area contributed by atoms with Gasteiger partial charge >= 0.3 is 0 Å². The van der Waals surface area contributed by atoms with Crippen molar-refractivity contribution in [1.29, 1.82) is 0 Å². The number of aliphatic hydroxyl groups is 5. The third-order valence-electron chi connectivity index (χ3n) is 10.7. The third-order valence-corrected chi connectivity index (χ3v) is 12.2. The summed E-state index contributed by atoms with van der Waals surface area (Å²) in [6, 6.07) is 0. The van der Waals surface area contributed by atoms with E-state index in [0.717, 1.165) is 22.8 Å². The van der Waals surface area contributed by atoms with E-state index >= 15 is 0 Å². The molecule has 0 bridgehead atoms. The lowest BCUT2D eigenvalue weighted by Crippen LogP contribution is -2.62. The Morgan fingerprint density at radius 1 is 1.15 bits per heavy atom. The van der Waals surface area contributed by atoms with Gasteiger partial charge < -0.3 is 25.5 Å². The molecule has 7 heteroatoms. The molecular weight excluding hydrogens is 547 g/mol. The molecule has 0 amide bonds. The van der Waals surface area contributed by atoms with Gasteiger partial charge in [0.1, 0.15) is 0 Å². The summed E-state index contributed by atoms with van der Waals surface area (Å²) in [5.41, 5.74) is -2.99. The molecule has 3 fully saturated rings. The van der Waals surface area contributed by atoms with E-state index in [4.69, 9.17) is 0 Å². The molecule has 4 aliphatic rings. The molecule has 0 aromatic rings. The number of carbonyl (C=O) groups excluding carboxylic acids is 1. The lowest BCUT2D eigenvalue weighted by molar-refractivity contribution is -0.176. The van der Waals surface area contributed by atoms with Gasteiger partial charge in [-0.2, -0.15) is 0 Å². The molecule has 2 unspecified atom stereocenters. The van der Waals surface area contributed by atoms with Crippen molar-refractivity contribution >= 4 is 28.4 Å². The number of fused-ring (bicyclic) bond motifs is 5. The topological polar surface area (TPSA) is 118 Å². The largest absolute Gasteiger partial charge is 0.390 e. The van der Waals surface area contributed by atoms with Crippen LogP contribution < -0.4 is 0 Å². The lowest BCUT2D eigenvalue weighted by atomic mass is 9.45. The summed E-state index contributed by atoms with van der Waals surface area (Å²) in [5.74, 6) is -0.297. The Hall–Kier alpha value is -0.0600. The van der Waals surface area contributed by atoms with Crippen molar-refractivity contribution < 1.29 is 30.3 Å². The van der Waals surface area contributed by atoms with Gasteiger partial charge in [0.05, 0.1) is 29.5 Å². The number of halogens is 1. The zero-order chi connectivity index (χ0) is 25.3. The van der Waals surface area contributed by atoms with Crippen LogP contribution in [0.2, 0.25) is 0 Å². The zero-order valence-corrected chi connectivity index (χ0v) is 23.2. The first-order valence-electron chi connectivity index (χ1n) is 13.0. The van der Waals surface area contributed by atoms with E-state index in [9.17, 15) is 30.3 Å². The van der Waals surface area contributed by atoms with Gasteiger partial charge in [-0.05, 0) is 93.1 Å². The maximum Gasteiger partial charge on any atom is 0.159 e. The number of aliphatic hydroxyl groups excluding tert-OH is 3. The molecule has 194 valence electrons. The third kappa shape index (κ3) is 3.87. The molecule has 0 radical (unpaired) electrons. The Morgan fingerprint density at radius 3 is 2.47 bits per heavy atom. The van der Waals surface area contributed by atoms with Gasteiger partial charge in [-0.15, -0.1) is 0 Å². The van der Waals surface area contributed by atoms with Crippen LogP contribution >= 0.6 is 22.6 Å². The molecule has 11 atom stereocenters. The van der Waals surface area contributed by atoms with Gasteiger partial charge in [-0.1, -0.05) is 43.4 Å². The first-order valence-corrected chi connectivity index (χ1v) is 14.6. The summed E-state index contributed by atoms with van der Waals surface area (Å²) in [4.78, 5) is 13.3. The molecule has 4 rings (SSSR count). The Balaban J connectivity index is 1.65. The number of hydrogen-bond donors (Lipinski definition) is 5. The Labute approximate surface area is 217 Å². The fraction of sp³-hybridized carbons (Fsp3) is 0.889. The Kier molecular flexibility index (Phi) is 7.18.